The third-order valence-corrected chi connectivity index (χ3v) is 4.25. The number of carboxylic acid groups (broad SMARTS) is 1. The van der Waals surface area contributed by atoms with E-state index in [9.17, 15) is 4.79 Å². The Morgan fingerprint density at radius 1 is 1.37 bits per heavy atom. The fourth-order valence-corrected chi connectivity index (χ4v) is 3.04. The minimum atomic E-state index is -0.862. The molecule has 1 aromatic carbocycles. The third kappa shape index (κ3) is 3.28. The first kappa shape index (κ1) is 13.9. The largest absolute Gasteiger partial charge is 0.478 e. The van der Waals surface area contributed by atoms with E-state index < -0.39 is 5.97 Å². The molecule has 0 saturated heterocycles. The third-order valence-electron chi connectivity index (χ3n) is 4.25. The Balaban J connectivity index is 2.11. The first-order valence-corrected chi connectivity index (χ1v) is 7.22. The fourth-order valence-electron chi connectivity index (χ4n) is 3.04. The van der Waals surface area contributed by atoms with Crippen LogP contribution in [0.5, 0.6) is 0 Å². The van der Waals surface area contributed by atoms with Crippen molar-refractivity contribution in [1.82, 2.24) is 0 Å². The van der Waals surface area contributed by atoms with E-state index in [-0.39, 0.29) is 0 Å². The van der Waals surface area contributed by atoms with Crippen LogP contribution in [0.25, 0.3) is 0 Å². The summed E-state index contributed by atoms with van der Waals surface area (Å²) in [5.74, 6) is -0.119. The van der Waals surface area contributed by atoms with Crippen LogP contribution in [-0.4, -0.2) is 17.1 Å². The maximum absolute atomic E-state index is 10.9. The first-order valence-electron chi connectivity index (χ1n) is 7.22. The van der Waals surface area contributed by atoms with Crippen molar-refractivity contribution in [3.63, 3.8) is 0 Å². The molecule has 0 bridgehead atoms. The molecule has 0 spiro atoms. The van der Waals surface area contributed by atoms with Gasteiger partial charge in [-0.2, -0.15) is 0 Å². The van der Waals surface area contributed by atoms with Gasteiger partial charge in [0, 0.05) is 11.7 Å². The molecule has 0 heterocycles. The highest BCUT2D eigenvalue weighted by Crippen LogP contribution is 2.30. The molecule has 0 aliphatic heterocycles. The van der Waals surface area contributed by atoms with Gasteiger partial charge in [0.25, 0.3) is 0 Å². The molecule has 1 saturated carbocycles. The van der Waals surface area contributed by atoms with Gasteiger partial charge in [-0.25, -0.2) is 4.79 Å². The van der Waals surface area contributed by atoms with Crippen molar-refractivity contribution in [2.24, 2.45) is 5.92 Å². The van der Waals surface area contributed by atoms with Crippen molar-refractivity contribution in [2.75, 3.05) is 5.32 Å². The average molecular weight is 261 g/mol. The van der Waals surface area contributed by atoms with Crippen LogP contribution in [0.2, 0.25) is 0 Å². The lowest BCUT2D eigenvalue weighted by Crippen LogP contribution is -2.32. The number of nitrogens with one attached hydrogen (secondary N) is 1. The Morgan fingerprint density at radius 2 is 2.11 bits per heavy atom. The van der Waals surface area contributed by atoms with Crippen molar-refractivity contribution < 1.29 is 9.90 Å². The lowest BCUT2D eigenvalue weighted by molar-refractivity contribution is 0.0697. The van der Waals surface area contributed by atoms with Crippen LogP contribution < -0.4 is 5.32 Å². The summed E-state index contributed by atoms with van der Waals surface area (Å²) < 4.78 is 0. The van der Waals surface area contributed by atoms with E-state index in [4.69, 9.17) is 5.11 Å². The predicted octanol–water partition coefficient (Wildman–Crippen LogP) is 4.07. The van der Waals surface area contributed by atoms with Gasteiger partial charge in [-0.3, -0.25) is 0 Å². The Kier molecular flexibility index (Phi) is 4.46. The van der Waals surface area contributed by atoms with Crippen molar-refractivity contribution in [3.8, 4) is 0 Å². The van der Waals surface area contributed by atoms with Crippen LogP contribution in [0.3, 0.4) is 0 Å². The molecule has 3 heteroatoms. The number of aryl methyl sites for hydroxylation is 1. The predicted molar refractivity (Wildman–Crippen MR) is 77.8 cm³/mol. The summed E-state index contributed by atoms with van der Waals surface area (Å²) in [5.41, 5.74) is 2.45. The number of benzene rings is 1. The number of aromatic carboxylic acids is 1. The van der Waals surface area contributed by atoms with Gasteiger partial charge < -0.3 is 10.4 Å². The number of carbonyl (C=O) groups is 1. The molecule has 0 amide bonds. The van der Waals surface area contributed by atoms with E-state index in [1.165, 1.54) is 32.1 Å². The van der Waals surface area contributed by atoms with E-state index in [2.05, 4.69) is 12.2 Å². The summed E-state index contributed by atoms with van der Waals surface area (Å²) in [5, 5.41) is 12.6. The van der Waals surface area contributed by atoms with Crippen LogP contribution in [0.4, 0.5) is 5.69 Å². The molecule has 1 aromatic rings. The second kappa shape index (κ2) is 6.09. The molecule has 1 aliphatic rings. The van der Waals surface area contributed by atoms with Gasteiger partial charge in [-0.15, -0.1) is 0 Å². The highest BCUT2D eigenvalue weighted by molar-refractivity contribution is 5.88. The highest BCUT2D eigenvalue weighted by atomic mass is 16.4. The standard InChI is InChI=1S/C16H23NO2/c1-3-12-6-4-5-7-15(12)17-14-9-8-13(16(18)19)10-11(14)2/h8-10,12,15,17H,3-7H2,1-2H3,(H,18,19). The summed E-state index contributed by atoms with van der Waals surface area (Å²) >= 11 is 0. The van der Waals surface area contributed by atoms with Crippen molar-refractivity contribution in [3.05, 3.63) is 29.3 Å². The number of rotatable bonds is 4. The van der Waals surface area contributed by atoms with Crippen LogP contribution in [0.1, 0.15) is 54.9 Å². The van der Waals surface area contributed by atoms with Crippen LogP contribution in [0, 0.1) is 12.8 Å². The Bertz CT molecular complexity index is 456. The Morgan fingerprint density at radius 3 is 2.74 bits per heavy atom. The summed E-state index contributed by atoms with van der Waals surface area (Å²) in [6.07, 6.45) is 6.37. The number of hydrogen-bond donors (Lipinski definition) is 2. The Labute approximate surface area is 115 Å². The molecule has 19 heavy (non-hydrogen) atoms. The zero-order chi connectivity index (χ0) is 13.8. The van der Waals surface area contributed by atoms with Crippen LogP contribution >= 0.6 is 0 Å². The van der Waals surface area contributed by atoms with Crippen molar-refractivity contribution in [1.29, 1.82) is 0 Å². The van der Waals surface area contributed by atoms with E-state index >= 15 is 0 Å². The molecule has 2 rings (SSSR count). The quantitative estimate of drug-likeness (QED) is 0.858. The van der Waals surface area contributed by atoms with Crippen molar-refractivity contribution >= 4 is 11.7 Å². The van der Waals surface area contributed by atoms with Gasteiger partial charge >= 0.3 is 5.97 Å². The van der Waals surface area contributed by atoms with E-state index in [0.29, 0.717) is 11.6 Å². The number of carboxylic acids is 1. The van der Waals surface area contributed by atoms with Crippen molar-refractivity contribution in [2.45, 2.75) is 52.0 Å². The van der Waals surface area contributed by atoms with Gasteiger partial charge in [-0.05, 0) is 49.4 Å². The fraction of sp³-hybridized carbons (Fsp3) is 0.562. The molecule has 1 fully saturated rings. The molecule has 3 nitrogen and oxygen atoms in total. The molecule has 104 valence electrons. The smallest absolute Gasteiger partial charge is 0.335 e. The van der Waals surface area contributed by atoms with Gasteiger partial charge in [0.15, 0.2) is 0 Å². The second-order valence-corrected chi connectivity index (χ2v) is 5.54. The normalized spacial score (nSPS) is 23.1. The molecular weight excluding hydrogens is 238 g/mol. The summed E-state index contributed by atoms with van der Waals surface area (Å²) in [6.45, 7) is 4.23. The molecule has 0 radical (unpaired) electrons. The van der Waals surface area contributed by atoms with E-state index in [1.807, 2.05) is 13.0 Å². The SMILES string of the molecule is CCC1CCCCC1Nc1ccc(C(=O)O)cc1C. The van der Waals surface area contributed by atoms with Gasteiger partial charge in [0.2, 0.25) is 0 Å². The maximum Gasteiger partial charge on any atom is 0.335 e. The van der Waals surface area contributed by atoms with Gasteiger partial charge in [0.1, 0.15) is 0 Å². The van der Waals surface area contributed by atoms with E-state index in [1.54, 1.807) is 12.1 Å². The van der Waals surface area contributed by atoms with Gasteiger partial charge in [0.05, 0.1) is 5.56 Å². The van der Waals surface area contributed by atoms with Gasteiger partial charge in [-0.1, -0.05) is 26.2 Å². The summed E-state index contributed by atoms with van der Waals surface area (Å²) in [6, 6.07) is 5.86. The van der Waals surface area contributed by atoms with Crippen LogP contribution in [0.15, 0.2) is 18.2 Å². The monoisotopic (exact) mass is 261 g/mol. The zero-order valence-electron chi connectivity index (χ0n) is 11.8. The summed E-state index contributed by atoms with van der Waals surface area (Å²) in [4.78, 5) is 10.9. The van der Waals surface area contributed by atoms with E-state index in [0.717, 1.165) is 17.2 Å². The molecular formula is C16H23NO2. The number of anilines is 1. The highest BCUT2D eigenvalue weighted by Gasteiger charge is 2.23. The molecule has 2 N–H and O–H groups in total. The zero-order valence-corrected chi connectivity index (χ0v) is 11.8. The maximum atomic E-state index is 10.9. The molecule has 0 aromatic heterocycles. The minimum absolute atomic E-state index is 0.360. The van der Waals surface area contributed by atoms with Crippen LogP contribution in [-0.2, 0) is 0 Å². The lowest BCUT2D eigenvalue weighted by Gasteiger charge is -2.32. The lowest BCUT2D eigenvalue weighted by atomic mass is 9.82. The molecule has 2 atom stereocenters. The topological polar surface area (TPSA) is 49.3 Å². The molecule has 1 aliphatic carbocycles. The minimum Gasteiger partial charge on any atom is -0.478 e. The average Bonchev–Trinajstić information content (AvgIpc) is 2.41. The molecule has 2 unspecified atom stereocenters. The number of hydrogen-bond acceptors (Lipinski definition) is 2. The first-order chi connectivity index (χ1) is 9.11. The second-order valence-electron chi connectivity index (χ2n) is 5.54. The summed E-state index contributed by atoms with van der Waals surface area (Å²) in [7, 11) is 0. The Hall–Kier alpha value is -1.51.